The van der Waals surface area contributed by atoms with Crippen molar-refractivity contribution in [2.24, 2.45) is 5.92 Å². The highest BCUT2D eigenvalue weighted by atomic mass is 16.5. The number of fused-ring (bicyclic) bond motifs is 1. The highest BCUT2D eigenvalue weighted by Gasteiger charge is 2.25. The molecule has 1 atom stereocenters. The number of hydrogen-bond donors (Lipinski definition) is 1. The van der Waals surface area contributed by atoms with Gasteiger partial charge in [0.1, 0.15) is 17.6 Å². The zero-order chi connectivity index (χ0) is 20.9. The van der Waals surface area contributed by atoms with Crippen molar-refractivity contribution < 1.29 is 9.47 Å². The van der Waals surface area contributed by atoms with Gasteiger partial charge in [-0.1, -0.05) is 49.6 Å². The van der Waals surface area contributed by atoms with Gasteiger partial charge in [-0.25, -0.2) is 0 Å². The largest absolute Gasteiger partial charge is 0.490 e. The van der Waals surface area contributed by atoms with Crippen LogP contribution in [-0.4, -0.2) is 18.7 Å². The zero-order valence-corrected chi connectivity index (χ0v) is 18.7. The third-order valence-electron chi connectivity index (χ3n) is 7.55. The highest BCUT2D eigenvalue weighted by Crippen LogP contribution is 2.37. The number of ether oxygens (including phenoxy) is 2. The van der Waals surface area contributed by atoms with E-state index in [4.69, 9.17) is 9.47 Å². The van der Waals surface area contributed by atoms with E-state index in [2.05, 4.69) is 53.8 Å². The third kappa shape index (κ3) is 5.44. The summed E-state index contributed by atoms with van der Waals surface area (Å²) < 4.78 is 12.7. The molecule has 0 spiro atoms. The van der Waals surface area contributed by atoms with Crippen LogP contribution >= 0.6 is 0 Å². The Labute approximate surface area is 187 Å². The first-order valence-electron chi connectivity index (χ1n) is 12.6. The van der Waals surface area contributed by atoms with Gasteiger partial charge in [-0.3, -0.25) is 0 Å². The number of nitrogens with one attached hydrogen (secondary N) is 1. The molecule has 5 rings (SSSR count). The summed E-state index contributed by atoms with van der Waals surface area (Å²) in [5, 5.41) is 3.86. The average molecular weight is 420 g/mol. The molecule has 0 aromatic heterocycles. The molecular weight excluding hydrogens is 382 g/mol. The van der Waals surface area contributed by atoms with Crippen molar-refractivity contribution in [1.82, 2.24) is 5.32 Å². The van der Waals surface area contributed by atoms with Crippen molar-refractivity contribution in [2.75, 3.05) is 6.54 Å². The standard InChI is InChI=1S/C28H37NO2/c1-3-7-21(8-4-1)20-29-24-12-14-25(15-13-24)30-26-16-18-28-23(19-26)11-17-27(31-28)22-9-5-2-6-10-22/h2,5-6,9-10,16,18-19,21,24-25,27,29H,1,3-4,7-8,11-15,17,20H2/t24-,25-,27?. The van der Waals surface area contributed by atoms with E-state index in [1.165, 1.54) is 62.6 Å². The van der Waals surface area contributed by atoms with Crippen LogP contribution in [0.4, 0.5) is 0 Å². The van der Waals surface area contributed by atoms with E-state index in [1.807, 2.05) is 0 Å². The predicted molar refractivity (Wildman–Crippen MR) is 126 cm³/mol. The normalized spacial score (nSPS) is 26.6. The van der Waals surface area contributed by atoms with Gasteiger partial charge in [0.15, 0.2) is 0 Å². The number of aryl methyl sites for hydroxylation is 1. The van der Waals surface area contributed by atoms with Gasteiger partial charge in [-0.15, -0.1) is 0 Å². The van der Waals surface area contributed by atoms with Crippen LogP contribution in [0.15, 0.2) is 48.5 Å². The average Bonchev–Trinajstić information content (AvgIpc) is 2.84. The fourth-order valence-electron chi connectivity index (χ4n) is 5.64. The molecule has 1 heterocycles. The molecule has 0 bridgehead atoms. The van der Waals surface area contributed by atoms with Gasteiger partial charge in [0.05, 0.1) is 6.10 Å². The van der Waals surface area contributed by atoms with Gasteiger partial charge in [-0.2, -0.15) is 0 Å². The summed E-state index contributed by atoms with van der Waals surface area (Å²) in [6.07, 6.45) is 14.6. The summed E-state index contributed by atoms with van der Waals surface area (Å²) in [4.78, 5) is 0. The summed E-state index contributed by atoms with van der Waals surface area (Å²) in [6, 6.07) is 17.7. The molecular formula is C28H37NO2. The molecule has 2 saturated carbocycles. The highest BCUT2D eigenvalue weighted by molar-refractivity contribution is 5.42. The van der Waals surface area contributed by atoms with Crippen molar-refractivity contribution in [2.45, 2.75) is 88.9 Å². The SMILES string of the molecule is c1ccc(C2CCc3cc(O[C@H]4CC[C@H](NCC5CCCCC5)CC4)ccc3O2)cc1. The molecule has 31 heavy (non-hydrogen) atoms. The number of benzene rings is 2. The number of hydrogen-bond acceptors (Lipinski definition) is 3. The topological polar surface area (TPSA) is 30.5 Å². The first-order chi connectivity index (χ1) is 15.3. The summed E-state index contributed by atoms with van der Waals surface area (Å²) >= 11 is 0. The van der Waals surface area contributed by atoms with Gasteiger partial charge >= 0.3 is 0 Å². The molecule has 1 unspecified atom stereocenters. The molecule has 1 aliphatic heterocycles. The predicted octanol–water partition coefficient (Wildman–Crippen LogP) is 6.61. The Bertz CT molecular complexity index is 822. The molecule has 3 nitrogen and oxygen atoms in total. The van der Waals surface area contributed by atoms with Gasteiger partial charge in [-0.05, 0) is 93.2 Å². The summed E-state index contributed by atoms with van der Waals surface area (Å²) in [5.41, 5.74) is 2.55. The molecule has 0 amide bonds. The molecule has 2 aliphatic carbocycles. The van der Waals surface area contributed by atoms with Gasteiger partial charge < -0.3 is 14.8 Å². The van der Waals surface area contributed by atoms with E-state index >= 15 is 0 Å². The van der Waals surface area contributed by atoms with E-state index in [0.717, 1.165) is 43.1 Å². The van der Waals surface area contributed by atoms with Crippen LogP contribution in [0.1, 0.15) is 81.4 Å². The maximum atomic E-state index is 6.39. The fraction of sp³-hybridized carbons (Fsp3) is 0.571. The van der Waals surface area contributed by atoms with E-state index in [9.17, 15) is 0 Å². The Balaban J connectivity index is 1.09. The summed E-state index contributed by atoms with van der Waals surface area (Å²) in [5.74, 6) is 2.95. The van der Waals surface area contributed by atoms with Crippen molar-refractivity contribution in [3.63, 3.8) is 0 Å². The van der Waals surface area contributed by atoms with Crippen LogP contribution in [0, 0.1) is 5.92 Å². The first kappa shape index (κ1) is 20.9. The lowest BCUT2D eigenvalue weighted by atomic mass is 9.88. The summed E-state index contributed by atoms with van der Waals surface area (Å²) in [6.45, 7) is 1.23. The third-order valence-corrected chi connectivity index (χ3v) is 7.55. The molecule has 3 aliphatic rings. The lowest BCUT2D eigenvalue weighted by Crippen LogP contribution is -2.39. The molecule has 0 radical (unpaired) electrons. The van der Waals surface area contributed by atoms with Crippen LogP contribution in [-0.2, 0) is 6.42 Å². The Hall–Kier alpha value is -2.00. The molecule has 3 heteroatoms. The van der Waals surface area contributed by atoms with Crippen LogP contribution in [0.5, 0.6) is 11.5 Å². The van der Waals surface area contributed by atoms with E-state index in [1.54, 1.807) is 0 Å². The van der Waals surface area contributed by atoms with Crippen LogP contribution in [0.25, 0.3) is 0 Å². The minimum atomic E-state index is 0.164. The second kappa shape index (κ2) is 10.1. The van der Waals surface area contributed by atoms with Gasteiger partial charge in [0.25, 0.3) is 0 Å². The maximum Gasteiger partial charge on any atom is 0.124 e. The molecule has 1 N–H and O–H groups in total. The van der Waals surface area contributed by atoms with Crippen LogP contribution in [0.3, 0.4) is 0 Å². The zero-order valence-electron chi connectivity index (χ0n) is 18.7. The fourth-order valence-corrected chi connectivity index (χ4v) is 5.64. The minimum Gasteiger partial charge on any atom is -0.490 e. The van der Waals surface area contributed by atoms with E-state index in [-0.39, 0.29) is 6.10 Å². The summed E-state index contributed by atoms with van der Waals surface area (Å²) in [7, 11) is 0. The molecule has 2 aromatic carbocycles. The molecule has 2 fully saturated rings. The molecule has 2 aromatic rings. The number of rotatable bonds is 6. The Kier molecular flexibility index (Phi) is 6.79. The van der Waals surface area contributed by atoms with Gasteiger partial charge in [0.2, 0.25) is 0 Å². The van der Waals surface area contributed by atoms with Crippen molar-refractivity contribution in [3.8, 4) is 11.5 Å². The smallest absolute Gasteiger partial charge is 0.124 e. The first-order valence-corrected chi connectivity index (χ1v) is 12.6. The lowest BCUT2D eigenvalue weighted by Gasteiger charge is -2.32. The van der Waals surface area contributed by atoms with Crippen molar-refractivity contribution in [3.05, 3.63) is 59.7 Å². The van der Waals surface area contributed by atoms with E-state index < -0.39 is 0 Å². The molecule has 166 valence electrons. The van der Waals surface area contributed by atoms with Crippen molar-refractivity contribution >= 4 is 0 Å². The molecule has 0 saturated heterocycles. The Morgan fingerprint density at radius 1 is 0.839 bits per heavy atom. The van der Waals surface area contributed by atoms with Crippen LogP contribution in [0.2, 0.25) is 0 Å². The quantitative estimate of drug-likeness (QED) is 0.571. The Morgan fingerprint density at radius 3 is 2.45 bits per heavy atom. The lowest BCUT2D eigenvalue weighted by molar-refractivity contribution is 0.136. The second-order valence-corrected chi connectivity index (χ2v) is 9.83. The monoisotopic (exact) mass is 419 g/mol. The minimum absolute atomic E-state index is 0.164. The van der Waals surface area contributed by atoms with Gasteiger partial charge in [0, 0.05) is 6.04 Å². The maximum absolute atomic E-state index is 6.39. The van der Waals surface area contributed by atoms with E-state index in [0.29, 0.717) is 12.1 Å². The Morgan fingerprint density at radius 2 is 1.65 bits per heavy atom. The van der Waals surface area contributed by atoms with Crippen molar-refractivity contribution in [1.29, 1.82) is 0 Å². The second-order valence-electron chi connectivity index (χ2n) is 9.83. The van der Waals surface area contributed by atoms with Crippen LogP contribution < -0.4 is 14.8 Å².